The first kappa shape index (κ1) is 34.3. The van der Waals surface area contributed by atoms with E-state index in [2.05, 4.69) is 32.0 Å². The van der Waals surface area contributed by atoms with E-state index in [0.717, 1.165) is 54.2 Å². The lowest BCUT2D eigenvalue weighted by Crippen LogP contribution is -2.15. The summed E-state index contributed by atoms with van der Waals surface area (Å²) in [6.45, 7) is 5.25. The van der Waals surface area contributed by atoms with Gasteiger partial charge in [0, 0.05) is 0 Å². The summed E-state index contributed by atoms with van der Waals surface area (Å²) in [7, 11) is 0. The van der Waals surface area contributed by atoms with Crippen molar-refractivity contribution < 1.29 is 14.3 Å². The van der Waals surface area contributed by atoms with Crippen LogP contribution >= 0.6 is 0 Å². The predicted molar refractivity (Wildman–Crippen MR) is 185 cm³/mol. The number of nitriles is 1. The maximum absolute atomic E-state index is 13.0. The molecule has 0 unspecified atom stereocenters. The summed E-state index contributed by atoms with van der Waals surface area (Å²) in [6.07, 6.45) is 20.3. The molecule has 0 spiro atoms. The van der Waals surface area contributed by atoms with Crippen LogP contribution in [-0.4, -0.2) is 12.6 Å². The second-order valence-electron chi connectivity index (χ2n) is 12.9. The number of nitrogens with zero attached hydrogens (tertiary/aromatic N) is 1. The lowest BCUT2D eigenvalue weighted by molar-refractivity contribution is 0.0734. The topological polar surface area (TPSA) is 59.3 Å². The molecule has 4 nitrogen and oxygen atoms in total. The molecule has 1 aliphatic rings. The fourth-order valence-corrected chi connectivity index (χ4v) is 6.63. The number of benzene rings is 3. The van der Waals surface area contributed by atoms with Crippen LogP contribution in [0.2, 0.25) is 0 Å². The zero-order valence-electron chi connectivity index (χ0n) is 27.7. The van der Waals surface area contributed by atoms with E-state index in [1.165, 1.54) is 83.5 Å². The number of unbranched alkanes of at least 4 members (excludes halogenated alkanes) is 9. The molecule has 4 heteroatoms. The van der Waals surface area contributed by atoms with E-state index in [0.29, 0.717) is 22.8 Å². The molecule has 0 amide bonds. The van der Waals surface area contributed by atoms with Crippen LogP contribution in [-0.2, 0) is 0 Å². The van der Waals surface area contributed by atoms with Gasteiger partial charge in [-0.2, -0.15) is 5.26 Å². The van der Waals surface area contributed by atoms with Crippen molar-refractivity contribution >= 4 is 5.97 Å². The van der Waals surface area contributed by atoms with Gasteiger partial charge in [0.05, 0.1) is 23.8 Å². The number of rotatable bonds is 18. The van der Waals surface area contributed by atoms with Gasteiger partial charge in [0.15, 0.2) is 0 Å². The van der Waals surface area contributed by atoms with Crippen LogP contribution < -0.4 is 9.47 Å². The largest absolute Gasteiger partial charge is 0.494 e. The van der Waals surface area contributed by atoms with Crippen molar-refractivity contribution in [2.45, 2.75) is 122 Å². The van der Waals surface area contributed by atoms with Gasteiger partial charge in [-0.1, -0.05) is 115 Å². The Morgan fingerprint density at radius 2 is 1.29 bits per heavy atom. The van der Waals surface area contributed by atoms with Gasteiger partial charge in [0.25, 0.3) is 0 Å². The standard InChI is InChI=1S/C41H53NO3/c1-3-5-7-9-10-12-14-32-15-17-35(18-16-32)40-28-23-36(30-37(40)31-42)41(43)45-39-26-21-34(22-27-39)33-19-24-38(25-20-33)44-29-13-11-8-6-4-2/h19-28,30,32,35H,3-18,29H2,1-2H3. The van der Waals surface area contributed by atoms with Crippen LogP contribution in [0.4, 0.5) is 0 Å². The van der Waals surface area contributed by atoms with Gasteiger partial charge in [-0.25, -0.2) is 4.79 Å². The fourth-order valence-electron chi connectivity index (χ4n) is 6.63. The van der Waals surface area contributed by atoms with Crippen LogP contribution in [0.3, 0.4) is 0 Å². The summed E-state index contributed by atoms with van der Waals surface area (Å²) in [5.41, 5.74) is 4.22. The molecule has 1 saturated carbocycles. The Morgan fingerprint density at radius 1 is 0.711 bits per heavy atom. The van der Waals surface area contributed by atoms with Gasteiger partial charge < -0.3 is 9.47 Å². The second-order valence-corrected chi connectivity index (χ2v) is 12.9. The molecule has 0 aromatic heterocycles. The smallest absolute Gasteiger partial charge is 0.343 e. The second kappa shape index (κ2) is 19.1. The SMILES string of the molecule is CCCCCCCCC1CCC(c2ccc(C(=O)Oc3ccc(-c4ccc(OCCCCCCC)cc4)cc3)cc2C#N)CC1. The zero-order chi connectivity index (χ0) is 31.7. The number of carbonyl (C=O) groups is 1. The van der Waals surface area contributed by atoms with E-state index < -0.39 is 5.97 Å². The van der Waals surface area contributed by atoms with Crippen molar-refractivity contribution in [3.8, 4) is 28.7 Å². The van der Waals surface area contributed by atoms with E-state index in [1.54, 1.807) is 6.07 Å². The minimum absolute atomic E-state index is 0.397. The van der Waals surface area contributed by atoms with E-state index in [-0.39, 0.29) is 0 Å². The molecule has 3 aromatic carbocycles. The molecule has 1 aliphatic carbocycles. The van der Waals surface area contributed by atoms with Crippen LogP contribution in [0, 0.1) is 17.2 Å². The van der Waals surface area contributed by atoms with E-state index >= 15 is 0 Å². The molecule has 0 aliphatic heterocycles. The molecule has 240 valence electrons. The molecule has 0 radical (unpaired) electrons. The number of esters is 1. The summed E-state index contributed by atoms with van der Waals surface area (Å²) >= 11 is 0. The van der Waals surface area contributed by atoms with E-state index in [9.17, 15) is 10.1 Å². The third kappa shape index (κ3) is 11.1. The summed E-state index contributed by atoms with van der Waals surface area (Å²) in [6, 6.07) is 23.5. The van der Waals surface area contributed by atoms with E-state index in [1.807, 2.05) is 48.5 Å². The van der Waals surface area contributed by atoms with E-state index in [4.69, 9.17) is 9.47 Å². The van der Waals surface area contributed by atoms with Gasteiger partial charge in [-0.05, 0) is 97.0 Å². The summed E-state index contributed by atoms with van der Waals surface area (Å²) in [5, 5.41) is 9.93. The van der Waals surface area contributed by atoms with Crippen molar-refractivity contribution in [1.29, 1.82) is 5.26 Å². The van der Waals surface area contributed by atoms with Crippen LogP contribution in [0.25, 0.3) is 11.1 Å². The highest BCUT2D eigenvalue weighted by atomic mass is 16.5. The minimum atomic E-state index is -0.440. The first-order valence-corrected chi connectivity index (χ1v) is 17.7. The van der Waals surface area contributed by atoms with Gasteiger partial charge in [-0.15, -0.1) is 0 Å². The predicted octanol–water partition coefficient (Wildman–Crippen LogP) is 11.8. The molecule has 0 atom stereocenters. The molecule has 0 heterocycles. The fraction of sp³-hybridized carbons (Fsp3) is 0.512. The Bertz CT molecular complexity index is 1330. The van der Waals surface area contributed by atoms with Crippen LogP contribution in [0.15, 0.2) is 66.7 Å². The Balaban J connectivity index is 1.24. The maximum Gasteiger partial charge on any atom is 0.343 e. The highest BCUT2D eigenvalue weighted by Crippen LogP contribution is 2.39. The van der Waals surface area contributed by atoms with Crippen molar-refractivity contribution in [3.63, 3.8) is 0 Å². The lowest BCUT2D eigenvalue weighted by atomic mass is 9.76. The first-order valence-electron chi connectivity index (χ1n) is 17.7. The molecule has 0 bridgehead atoms. The van der Waals surface area contributed by atoms with Crippen LogP contribution in [0.5, 0.6) is 11.5 Å². The monoisotopic (exact) mass is 607 g/mol. The molecule has 3 aromatic rings. The third-order valence-corrected chi connectivity index (χ3v) is 9.43. The van der Waals surface area contributed by atoms with Crippen molar-refractivity contribution in [3.05, 3.63) is 83.4 Å². The normalized spacial score (nSPS) is 16.2. The molecular weight excluding hydrogens is 554 g/mol. The van der Waals surface area contributed by atoms with Gasteiger partial charge in [-0.3, -0.25) is 0 Å². The maximum atomic E-state index is 13.0. The third-order valence-electron chi connectivity index (χ3n) is 9.43. The molecule has 0 N–H and O–H groups in total. The zero-order valence-corrected chi connectivity index (χ0v) is 27.7. The highest BCUT2D eigenvalue weighted by molar-refractivity contribution is 5.91. The minimum Gasteiger partial charge on any atom is -0.494 e. The highest BCUT2D eigenvalue weighted by Gasteiger charge is 2.25. The molecular formula is C41H53NO3. The molecule has 45 heavy (non-hydrogen) atoms. The Hall–Kier alpha value is -3.58. The summed E-state index contributed by atoms with van der Waals surface area (Å²) < 4.78 is 11.6. The Kier molecular flexibility index (Phi) is 14.5. The van der Waals surface area contributed by atoms with Crippen molar-refractivity contribution in [1.82, 2.24) is 0 Å². The molecule has 4 rings (SSSR count). The quantitative estimate of drug-likeness (QED) is 0.0820. The van der Waals surface area contributed by atoms with Gasteiger partial charge >= 0.3 is 5.97 Å². The Labute approximate surface area is 272 Å². The summed E-state index contributed by atoms with van der Waals surface area (Å²) in [4.78, 5) is 13.0. The number of hydrogen-bond donors (Lipinski definition) is 0. The Morgan fingerprint density at radius 3 is 1.91 bits per heavy atom. The lowest BCUT2D eigenvalue weighted by Gasteiger charge is -2.29. The first-order chi connectivity index (χ1) is 22.1. The van der Waals surface area contributed by atoms with Gasteiger partial charge in [0.1, 0.15) is 11.5 Å². The van der Waals surface area contributed by atoms with Crippen LogP contribution in [0.1, 0.15) is 144 Å². The number of hydrogen-bond acceptors (Lipinski definition) is 4. The number of ether oxygens (including phenoxy) is 2. The van der Waals surface area contributed by atoms with Crippen molar-refractivity contribution in [2.75, 3.05) is 6.61 Å². The molecule has 0 saturated heterocycles. The average molecular weight is 608 g/mol. The molecule has 1 fully saturated rings. The number of carbonyl (C=O) groups excluding carboxylic acids is 1. The van der Waals surface area contributed by atoms with Gasteiger partial charge in [0.2, 0.25) is 0 Å². The summed E-state index contributed by atoms with van der Waals surface area (Å²) in [5.74, 6) is 2.15. The van der Waals surface area contributed by atoms with Crippen molar-refractivity contribution in [2.24, 2.45) is 5.92 Å². The average Bonchev–Trinajstić information content (AvgIpc) is 3.08.